The van der Waals surface area contributed by atoms with Crippen molar-refractivity contribution in [2.75, 3.05) is 20.3 Å². The van der Waals surface area contributed by atoms with E-state index in [2.05, 4.69) is 5.32 Å². The second-order valence-corrected chi connectivity index (χ2v) is 4.94. The fourth-order valence-corrected chi connectivity index (χ4v) is 2.31. The molecule has 118 valence electrons. The predicted molar refractivity (Wildman–Crippen MR) is 87.3 cm³/mol. The van der Waals surface area contributed by atoms with E-state index in [1.165, 1.54) is 0 Å². The zero-order valence-corrected chi connectivity index (χ0v) is 13.1. The van der Waals surface area contributed by atoms with Crippen LogP contribution < -0.4 is 14.8 Å². The third-order valence-corrected chi connectivity index (χ3v) is 3.46. The van der Waals surface area contributed by atoms with Gasteiger partial charge in [0.15, 0.2) is 11.5 Å². The number of methoxy groups -OCH3 is 1. The molecule has 22 heavy (non-hydrogen) atoms. The standard InChI is InChI=1S/C18H23NO3/c1-3-22-18-11-14(9-10-17(18)21-2)12-19-16(13-20)15-7-5-4-6-8-15/h4-11,16,19-20H,3,12-13H2,1-2H3. The molecule has 2 aromatic rings. The highest BCUT2D eigenvalue weighted by molar-refractivity contribution is 5.43. The van der Waals surface area contributed by atoms with Crippen molar-refractivity contribution in [3.05, 3.63) is 59.7 Å². The Morgan fingerprint density at radius 1 is 1.09 bits per heavy atom. The maximum Gasteiger partial charge on any atom is 0.161 e. The van der Waals surface area contributed by atoms with Crippen LogP contribution in [0.4, 0.5) is 0 Å². The number of ether oxygens (including phenoxy) is 2. The van der Waals surface area contributed by atoms with E-state index in [0.717, 1.165) is 22.6 Å². The van der Waals surface area contributed by atoms with Crippen LogP contribution in [-0.2, 0) is 6.54 Å². The number of hydrogen-bond acceptors (Lipinski definition) is 4. The van der Waals surface area contributed by atoms with Gasteiger partial charge in [0.25, 0.3) is 0 Å². The summed E-state index contributed by atoms with van der Waals surface area (Å²) >= 11 is 0. The van der Waals surface area contributed by atoms with Crippen LogP contribution in [0.5, 0.6) is 11.5 Å². The van der Waals surface area contributed by atoms with Gasteiger partial charge in [-0.1, -0.05) is 36.4 Å². The molecular weight excluding hydrogens is 278 g/mol. The van der Waals surface area contributed by atoms with Crippen molar-refractivity contribution < 1.29 is 14.6 Å². The fraction of sp³-hybridized carbons (Fsp3) is 0.333. The Bertz CT molecular complexity index is 572. The molecule has 0 fully saturated rings. The Balaban J connectivity index is 2.05. The molecular formula is C18H23NO3. The number of nitrogens with one attached hydrogen (secondary N) is 1. The van der Waals surface area contributed by atoms with Crippen LogP contribution in [0.15, 0.2) is 48.5 Å². The Morgan fingerprint density at radius 3 is 2.50 bits per heavy atom. The van der Waals surface area contributed by atoms with Crippen molar-refractivity contribution in [3.8, 4) is 11.5 Å². The number of hydrogen-bond donors (Lipinski definition) is 2. The topological polar surface area (TPSA) is 50.7 Å². The van der Waals surface area contributed by atoms with Crippen LogP contribution in [-0.4, -0.2) is 25.4 Å². The predicted octanol–water partition coefficient (Wildman–Crippen LogP) is 2.92. The highest BCUT2D eigenvalue weighted by atomic mass is 16.5. The summed E-state index contributed by atoms with van der Waals surface area (Å²) in [4.78, 5) is 0. The second kappa shape index (κ2) is 8.41. The van der Waals surface area contributed by atoms with E-state index >= 15 is 0 Å². The van der Waals surface area contributed by atoms with E-state index in [4.69, 9.17) is 9.47 Å². The van der Waals surface area contributed by atoms with E-state index in [1.54, 1.807) is 7.11 Å². The first-order valence-corrected chi connectivity index (χ1v) is 7.47. The molecule has 2 N–H and O–H groups in total. The SMILES string of the molecule is CCOc1cc(CNC(CO)c2ccccc2)ccc1OC. The molecule has 0 aliphatic carbocycles. The molecule has 0 spiro atoms. The molecule has 0 aliphatic heterocycles. The molecule has 0 bridgehead atoms. The van der Waals surface area contributed by atoms with E-state index in [1.807, 2.05) is 55.5 Å². The van der Waals surface area contributed by atoms with Gasteiger partial charge in [-0.2, -0.15) is 0 Å². The number of aliphatic hydroxyl groups is 1. The molecule has 2 aromatic carbocycles. The Hall–Kier alpha value is -2.04. The number of benzene rings is 2. The van der Waals surface area contributed by atoms with Crippen molar-refractivity contribution >= 4 is 0 Å². The molecule has 0 amide bonds. The smallest absolute Gasteiger partial charge is 0.161 e. The van der Waals surface area contributed by atoms with Crippen LogP contribution >= 0.6 is 0 Å². The first kappa shape index (κ1) is 16.3. The highest BCUT2D eigenvalue weighted by Gasteiger charge is 2.10. The zero-order valence-electron chi connectivity index (χ0n) is 13.1. The van der Waals surface area contributed by atoms with Crippen LogP contribution in [0.2, 0.25) is 0 Å². The van der Waals surface area contributed by atoms with Crippen LogP contribution in [0.1, 0.15) is 24.1 Å². The van der Waals surface area contributed by atoms with Gasteiger partial charge in [0.2, 0.25) is 0 Å². The second-order valence-electron chi connectivity index (χ2n) is 4.94. The van der Waals surface area contributed by atoms with Gasteiger partial charge in [-0.15, -0.1) is 0 Å². The minimum Gasteiger partial charge on any atom is -0.493 e. The lowest BCUT2D eigenvalue weighted by Crippen LogP contribution is -2.23. The van der Waals surface area contributed by atoms with Gasteiger partial charge in [0.1, 0.15) is 0 Å². The van der Waals surface area contributed by atoms with Gasteiger partial charge < -0.3 is 19.9 Å². The summed E-state index contributed by atoms with van der Waals surface area (Å²) in [5.74, 6) is 1.47. The summed E-state index contributed by atoms with van der Waals surface area (Å²) in [7, 11) is 1.63. The Labute approximate surface area is 131 Å². The molecule has 0 saturated heterocycles. The Morgan fingerprint density at radius 2 is 1.86 bits per heavy atom. The molecule has 4 heteroatoms. The van der Waals surface area contributed by atoms with E-state index in [0.29, 0.717) is 13.2 Å². The van der Waals surface area contributed by atoms with Crippen LogP contribution in [0.3, 0.4) is 0 Å². The van der Waals surface area contributed by atoms with Crippen LogP contribution in [0, 0.1) is 0 Å². The third-order valence-electron chi connectivity index (χ3n) is 3.46. The van der Waals surface area contributed by atoms with Crippen LogP contribution in [0.25, 0.3) is 0 Å². The summed E-state index contributed by atoms with van der Waals surface area (Å²) in [6.07, 6.45) is 0. The van der Waals surface area contributed by atoms with Crippen molar-refractivity contribution in [1.82, 2.24) is 5.32 Å². The maximum atomic E-state index is 9.57. The quantitative estimate of drug-likeness (QED) is 0.787. The molecule has 1 atom stereocenters. The van der Waals surface area contributed by atoms with Crippen molar-refractivity contribution in [2.24, 2.45) is 0 Å². The van der Waals surface area contributed by atoms with E-state index < -0.39 is 0 Å². The summed E-state index contributed by atoms with van der Waals surface area (Å²) < 4.78 is 10.9. The van der Waals surface area contributed by atoms with E-state index in [9.17, 15) is 5.11 Å². The zero-order chi connectivity index (χ0) is 15.8. The molecule has 2 rings (SSSR count). The molecule has 0 aromatic heterocycles. The molecule has 1 unspecified atom stereocenters. The van der Waals surface area contributed by atoms with Gasteiger partial charge in [0, 0.05) is 6.54 Å². The third kappa shape index (κ3) is 4.23. The summed E-state index contributed by atoms with van der Waals surface area (Å²) in [6, 6.07) is 15.7. The largest absolute Gasteiger partial charge is 0.493 e. The molecule has 4 nitrogen and oxygen atoms in total. The monoisotopic (exact) mass is 301 g/mol. The molecule has 0 radical (unpaired) electrons. The minimum absolute atomic E-state index is 0.0541. The van der Waals surface area contributed by atoms with Gasteiger partial charge in [0.05, 0.1) is 26.4 Å². The van der Waals surface area contributed by atoms with Gasteiger partial charge >= 0.3 is 0 Å². The molecule has 0 heterocycles. The van der Waals surface area contributed by atoms with Gasteiger partial charge in [-0.25, -0.2) is 0 Å². The lowest BCUT2D eigenvalue weighted by Gasteiger charge is -2.17. The van der Waals surface area contributed by atoms with Crippen molar-refractivity contribution in [2.45, 2.75) is 19.5 Å². The summed E-state index contributed by atoms with van der Waals surface area (Å²) in [6.45, 7) is 3.24. The highest BCUT2D eigenvalue weighted by Crippen LogP contribution is 2.28. The summed E-state index contributed by atoms with van der Waals surface area (Å²) in [5, 5.41) is 12.9. The average Bonchev–Trinajstić information content (AvgIpc) is 2.57. The van der Waals surface area contributed by atoms with Gasteiger partial charge in [-0.05, 0) is 30.2 Å². The lowest BCUT2D eigenvalue weighted by molar-refractivity contribution is 0.243. The number of aliphatic hydroxyl groups excluding tert-OH is 1. The van der Waals surface area contributed by atoms with Crippen molar-refractivity contribution in [3.63, 3.8) is 0 Å². The molecule has 0 saturated carbocycles. The maximum absolute atomic E-state index is 9.57. The first-order valence-electron chi connectivity index (χ1n) is 7.47. The lowest BCUT2D eigenvalue weighted by atomic mass is 10.1. The first-order chi connectivity index (χ1) is 10.8. The fourth-order valence-electron chi connectivity index (χ4n) is 2.31. The number of rotatable bonds is 8. The normalized spacial score (nSPS) is 12.0. The van der Waals surface area contributed by atoms with Crippen molar-refractivity contribution in [1.29, 1.82) is 0 Å². The summed E-state index contributed by atoms with van der Waals surface area (Å²) in [5.41, 5.74) is 2.15. The minimum atomic E-state index is -0.0844. The van der Waals surface area contributed by atoms with Gasteiger partial charge in [-0.3, -0.25) is 0 Å². The van der Waals surface area contributed by atoms with E-state index in [-0.39, 0.29) is 12.6 Å². The molecule has 0 aliphatic rings. The average molecular weight is 301 g/mol. The Kier molecular flexibility index (Phi) is 6.25.